The predicted molar refractivity (Wildman–Crippen MR) is 80.0 cm³/mol. The summed E-state index contributed by atoms with van der Waals surface area (Å²) in [5, 5.41) is 9.27. The Morgan fingerprint density at radius 2 is 2.14 bits per heavy atom. The average molecular weight is 309 g/mol. The van der Waals surface area contributed by atoms with Crippen LogP contribution < -0.4 is 0 Å². The second-order valence-corrected chi connectivity index (χ2v) is 5.33. The monoisotopic (exact) mass is 309 g/mol. The first-order valence-corrected chi connectivity index (χ1v) is 7.37. The summed E-state index contributed by atoms with van der Waals surface area (Å²) in [5.74, 6) is -0.294. The molecule has 0 aliphatic carbocycles. The van der Waals surface area contributed by atoms with Crippen LogP contribution in [0, 0.1) is 0 Å². The number of rotatable bonds is 6. The van der Waals surface area contributed by atoms with Crippen molar-refractivity contribution in [3.05, 3.63) is 35.9 Å². The number of hydrogen-bond donors (Lipinski definition) is 1. The highest BCUT2D eigenvalue weighted by Crippen LogP contribution is 2.15. The lowest BCUT2D eigenvalue weighted by atomic mass is 10.2. The minimum Gasteiger partial charge on any atom is -0.460 e. The van der Waals surface area contributed by atoms with E-state index in [1.807, 2.05) is 35.2 Å². The molecule has 1 aliphatic rings. The summed E-state index contributed by atoms with van der Waals surface area (Å²) in [6.45, 7) is 2.87. The first-order chi connectivity index (χ1) is 10.6. The summed E-state index contributed by atoms with van der Waals surface area (Å²) in [4.78, 5) is 14.1. The highest BCUT2D eigenvalue weighted by atomic mass is 16.7. The zero-order valence-electron chi connectivity index (χ0n) is 13.0. The van der Waals surface area contributed by atoms with E-state index in [0.717, 1.165) is 5.56 Å². The van der Waals surface area contributed by atoms with Crippen LogP contribution in [0.2, 0.25) is 0 Å². The molecule has 0 radical (unpaired) electrons. The van der Waals surface area contributed by atoms with E-state index in [-0.39, 0.29) is 25.3 Å². The lowest BCUT2D eigenvalue weighted by molar-refractivity contribution is -0.212. The van der Waals surface area contributed by atoms with Crippen molar-refractivity contribution in [2.75, 3.05) is 26.8 Å². The fourth-order valence-corrected chi connectivity index (χ4v) is 2.37. The third-order valence-corrected chi connectivity index (χ3v) is 3.75. The number of morpholine rings is 1. The van der Waals surface area contributed by atoms with Gasteiger partial charge in [-0.2, -0.15) is 0 Å². The van der Waals surface area contributed by atoms with Crippen LogP contribution in [-0.2, 0) is 25.6 Å². The molecule has 0 amide bonds. The van der Waals surface area contributed by atoms with Gasteiger partial charge in [-0.3, -0.25) is 9.69 Å². The van der Waals surface area contributed by atoms with E-state index in [4.69, 9.17) is 14.2 Å². The standard InChI is InChI=1S/C16H23NO5/c1-12(16(19)21-11-13-6-4-3-5-7-13)17-8-14(10-18)22-15(9-17)20-2/h3-7,12,14-15,18H,8-11H2,1-2H3/t12?,14-,15-/m0/s1. The van der Waals surface area contributed by atoms with Crippen molar-refractivity contribution in [1.82, 2.24) is 4.90 Å². The molecular formula is C16H23NO5. The summed E-state index contributed by atoms with van der Waals surface area (Å²) in [6, 6.07) is 9.14. The summed E-state index contributed by atoms with van der Waals surface area (Å²) < 4.78 is 16.0. The number of esters is 1. The number of aliphatic hydroxyl groups is 1. The van der Waals surface area contributed by atoms with Crippen molar-refractivity contribution in [2.24, 2.45) is 0 Å². The van der Waals surface area contributed by atoms with Crippen molar-refractivity contribution >= 4 is 5.97 Å². The predicted octanol–water partition coefficient (Wildman–Crippen LogP) is 0.784. The quantitative estimate of drug-likeness (QED) is 0.784. The molecule has 0 aromatic heterocycles. The maximum Gasteiger partial charge on any atom is 0.323 e. The fraction of sp³-hybridized carbons (Fsp3) is 0.562. The molecule has 6 nitrogen and oxygen atoms in total. The van der Waals surface area contributed by atoms with Gasteiger partial charge in [0.2, 0.25) is 0 Å². The molecule has 1 unspecified atom stereocenters. The maximum atomic E-state index is 12.2. The molecule has 1 heterocycles. The van der Waals surface area contributed by atoms with Gasteiger partial charge >= 0.3 is 5.97 Å². The smallest absolute Gasteiger partial charge is 0.323 e. The lowest BCUT2D eigenvalue weighted by Crippen LogP contribution is -2.54. The number of carbonyl (C=O) groups is 1. The van der Waals surface area contributed by atoms with Gasteiger partial charge in [0.25, 0.3) is 0 Å². The van der Waals surface area contributed by atoms with Crippen LogP contribution in [0.5, 0.6) is 0 Å². The third-order valence-electron chi connectivity index (χ3n) is 3.75. The van der Waals surface area contributed by atoms with Crippen LogP contribution in [0.1, 0.15) is 12.5 Å². The SMILES string of the molecule is CO[C@@H]1CN(C(C)C(=O)OCc2ccccc2)C[C@@H](CO)O1. The van der Waals surface area contributed by atoms with Gasteiger partial charge in [0, 0.05) is 13.7 Å². The van der Waals surface area contributed by atoms with E-state index in [2.05, 4.69) is 0 Å². The zero-order chi connectivity index (χ0) is 15.9. The zero-order valence-corrected chi connectivity index (χ0v) is 13.0. The van der Waals surface area contributed by atoms with Crippen LogP contribution in [0.25, 0.3) is 0 Å². The first-order valence-electron chi connectivity index (χ1n) is 7.37. The average Bonchev–Trinajstić information content (AvgIpc) is 2.59. The van der Waals surface area contributed by atoms with Crippen molar-refractivity contribution in [2.45, 2.75) is 32.0 Å². The van der Waals surface area contributed by atoms with E-state index in [1.165, 1.54) is 0 Å². The molecule has 1 saturated heterocycles. The number of methoxy groups -OCH3 is 1. The number of hydrogen-bond acceptors (Lipinski definition) is 6. The Kier molecular flexibility index (Phi) is 6.33. The molecule has 0 saturated carbocycles. The number of aliphatic hydroxyl groups excluding tert-OH is 1. The van der Waals surface area contributed by atoms with Gasteiger partial charge in [-0.15, -0.1) is 0 Å². The van der Waals surface area contributed by atoms with Gasteiger partial charge in [-0.05, 0) is 12.5 Å². The molecule has 6 heteroatoms. The van der Waals surface area contributed by atoms with Crippen LogP contribution in [0.4, 0.5) is 0 Å². The van der Waals surface area contributed by atoms with Crippen molar-refractivity contribution in [3.63, 3.8) is 0 Å². The van der Waals surface area contributed by atoms with Crippen LogP contribution in [0.3, 0.4) is 0 Å². The van der Waals surface area contributed by atoms with Crippen LogP contribution >= 0.6 is 0 Å². The van der Waals surface area contributed by atoms with Crippen molar-refractivity contribution < 1.29 is 24.1 Å². The van der Waals surface area contributed by atoms with Crippen molar-refractivity contribution in [1.29, 1.82) is 0 Å². The van der Waals surface area contributed by atoms with E-state index >= 15 is 0 Å². The molecule has 1 aliphatic heterocycles. The second-order valence-electron chi connectivity index (χ2n) is 5.33. The molecule has 1 fully saturated rings. The summed E-state index contributed by atoms with van der Waals surface area (Å²) in [7, 11) is 1.54. The van der Waals surface area contributed by atoms with Gasteiger partial charge in [-0.25, -0.2) is 0 Å². The first kappa shape index (κ1) is 16.9. The minimum atomic E-state index is -0.449. The molecule has 2 rings (SSSR count). The molecular weight excluding hydrogens is 286 g/mol. The molecule has 1 aromatic carbocycles. The van der Waals surface area contributed by atoms with Crippen molar-refractivity contribution in [3.8, 4) is 0 Å². The highest BCUT2D eigenvalue weighted by Gasteiger charge is 2.33. The Balaban J connectivity index is 1.88. The largest absolute Gasteiger partial charge is 0.460 e. The lowest BCUT2D eigenvalue weighted by Gasteiger charge is -2.38. The molecule has 3 atom stereocenters. The van der Waals surface area contributed by atoms with Gasteiger partial charge < -0.3 is 19.3 Å². The van der Waals surface area contributed by atoms with Gasteiger partial charge in [0.15, 0.2) is 6.29 Å². The van der Waals surface area contributed by atoms with Gasteiger partial charge in [-0.1, -0.05) is 30.3 Å². The summed E-state index contributed by atoms with van der Waals surface area (Å²) >= 11 is 0. The van der Waals surface area contributed by atoms with E-state index < -0.39 is 12.3 Å². The van der Waals surface area contributed by atoms with Gasteiger partial charge in [0.05, 0.1) is 19.3 Å². The molecule has 22 heavy (non-hydrogen) atoms. The Morgan fingerprint density at radius 1 is 1.41 bits per heavy atom. The fourth-order valence-electron chi connectivity index (χ4n) is 2.37. The number of carbonyl (C=O) groups excluding carboxylic acids is 1. The van der Waals surface area contributed by atoms with E-state index in [9.17, 15) is 9.90 Å². The number of ether oxygens (including phenoxy) is 3. The Labute approximate surface area is 130 Å². The highest BCUT2D eigenvalue weighted by molar-refractivity contribution is 5.75. The number of nitrogens with zero attached hydrogens (tertiary/aromatic N) is 1. The Hall–Kier alpha value is -1.47. The van der Waals surface area contributed by atoms with Gasteiger partial charge in [0.1, 0.15) is 12.6 Å². The molecule has 1 aromatic rings. The molecule has 0 spiro atoms. The molecule has 122 valence electrons. The maximum absolute atomic E-state index is 12.2. The Morgan fingerprint density at radius 3 is 2.77 bits per heavy atom. The molecule has 0 bridgehead atoms. The topological polar surface area (TPSA) is 68.2 Å². The summed E-state index contributed by atoms with van der Waals surface area (Å²) in [6.07, 6.45) is -0.807. The van der Waals surface area contributed by atoms with E-state index in [0.29, 0.717) is 13.1 Å². The van der Waals surface area contributed by atoms with E-state index in [1.54, 1.807) is 14.0 Å². The van der Waals surface area contributed by atoms with Crippen LogP contribution in [-0.4, -0.2) is 61.2 Å². The molecule has 1 N–H and O–H groups in total. The second kappa shape index (κ2) is 8.24. The normalized spacial score (nSPS) is 24.0. The number of benzene rings is 1. The Bertz CT molecular complexity index is 455. The minimum absolute atomic E-state index is 0.109. The third kappa shape index (κ3) is 4.51. The van der Waals surface area contributed by atoms with Crippen LogP contribution in [0.15, 0.2) is 30.3 Å². The summed E-state index contributed by atoms with van der Waals surface area (Å²) in [5.41, 5.74) is 0.952.